The van der Waals surface area contributed by atoms with Gasteiger partial charge in [0.2, 0.25) is 0 Å². The third-order valence-corrected chi connectivity index (χ3v) is 4.76. The summed E-state index contributed by atoms with van der Waals surface area (Å²) in [6.45, 7) is 0.399. The second-order valence-electron chi connectivity index (χ2n) is 7.05. The first-order chi connectivity index (χ1) is 14.4. The van der Waals surface area contributed by atoms with Crippen LogP contribution in [0.4, 0.5) is 19.0 Å². The first-order valence-corrected chi connectivity index (χ1v) is 9.35. The summed E-state index contributed by atoms with van der Waals surface area (Å²) in [5.41, 5.74) is 7.07. The Balaban J connectivity index is 1.35. The predicted molar refractivity (Wildman–Crippen MR) is 109 cm³/mol. The third kappa shape index (κ3) is 4.60. The summed E-state index contributed by atoms with van der Waals surface area (Å²) >= 11 is 0. The average Bonchev–Trinajstić information content (AvgIpc) is 3.21. The van der Waals surface area contributed by atoms with Crippen molar-refractivity contribution >= 4 is 16.6 Å². The fraction of sp³-hybridized carbons (Fsp3) is 0.182. The zero-order valence-corrected chi connectivity index (χ0v) is 15.9. The molecule has 30 heavy (non-hydrogen) atoms. The lowest BCUT2D eigenvalue weighted by molar-refractivity contribution is -0.137. The van der Waals surface area contributed by atoms with Gasteiger partial charge in [-0.25, -0.2) is 0 Å². The van der Waals surface area contributed by atoms with Gasteiger partial charge in [0.25, 0.3) is 0 Å². The maximum Gasteiger partial charge on any atom is 0.416 e. The molecule has 2 aromatic carbocycles. The SMILES string of the molecule is N[C@@H](CNc1cc(-c2ccc3cnccc3c2)on1)Cc1ccc(C(F)(F)F)cc1. The van der Waals surface area contributed by atoms with Crippen molar-refractivity contribution in [3.05, 3.63) is 78.1 Å². The standard InChI is InChI=1S/C22H19F3N4O/c23-22(24,25)18-5-1-14(2-6-18)9-19(26)13-28-21-11-20(30-29-21)16-3-4-17-12-27-8-7-15(17)10-16/h1-8,10-12,19H,9,13,26H2,(H,28,29)/t19-/m1/s1. The highest BCUT2D eigenvalue weighted by Gasteiger charge is 2.29. The maximum absolute atomic E-state index is 12.6. The quantitative estimate of drug-likeness (QED) is 0.472. The second-order valence-corrected chi connectivity index (χ2v) is 7.05. The van der Waals surface area contributed by atoms with Crippen LogP contribution in [0, 0.1) is 0 Å². The number of anilines is 1. The average molecular weight is 412 g/mol. The summed E-state index contributed by atoms with van der Waals surface area (Å²) in [5.74, 6) is 1.16. The number of aromatic nitrogens is 2. The minimum absolute atomic E-state index is 0.296. The number of benzene rings is 2. The smallest absolute Gasteiger partial charge is 0.366 e. The van der Waals surface area contributed by atoms with Gasteiger partial charge in [0.15, 0.2) is 11.6 Å². The van der Waals surface area contributed by atoms with E-state index in [1.165, 1.54) is 12.1 Å². The molecule has 0 aliphatic carbocycles. The molecule has 8 heteroatoms. The molecule has 2 heterocycles. The van der Waals surface area contributed by atoms with E-state index in [2.05, 4.69) is 15.5 Å². The minimum atomic E-state index is -4.34. The number of alkyl halides is 3. The molecule has 0 amide bonds. The van der Waals surface area contributed by atoms with Crippen LogP contribution in [-0.2, 0) is 12.6 Å². The van der Waals surface area contributed by atoms with Gasteiger partial charge in [-0.05, 0) is 41.6 Å². The van der Waals surface area contributed by atoms with E-state index < -0.39 is 11.7 Å². The highest BCUT2D eigenvalue weighted by molar-refractivity contribution is 5.85. The van der Waals surface area contributed by atoms with Crippen molar-refractivity contribution < 1.29 is 17.7 Å². The molecule has 3 N–H and O–H groups in total. The van der Waals surface area contributed by atoms with Gasteiger partial charge in [-0.1, -0.05) is 29.4 Å². The highest BCUT2D eigenvalue weighted by atomic mass is 19.4. The van der Waals surface area contributed by atoms with Crippen LogP contribution in [0.1, 0.15) is 11.1 Å². The highest BCUT2D eigenvalue weighted by Crippen LogP contribution is 2.29. The summed E-state index contributed by atoms with van der Waals surface area (Å²) in [5, 5.41) is 9.20. The molecular formula is C22H19F3N4O. The number of nitrogens with zero attached hydrogens (tertiary/aromatic N) is 2. The number of nitrogens with one attached hydrogen (secondary N) is 1. The topological polar surface area (TPSA) is 77.0 Å². The van der Waals surface area contributed by atoms with Gasteiger partial charge in [-0.2, -0.15) is 13.2 Å². The largest absolute Gasteiger partial charge is 0.416 e. The molecule has 0 aliphatic rings. The fourth-order valence-electron chi connectivity index (χ4n) is 3.17. The van der Waals surface area contributed by atoms with Gasteiger partial charge in [0, 0.05) is 42.0 Å². The number of fused-ring (bicyclic) bond motifs is 1. The van der Waals surface area contributed by atoms with Crippen molar-refractivity contribution in [1.82, 2.24) is 10.1 Å². The van der Waals surface area contributed by atoms with E-state index in [1.54, 1.807) is 18.5 Å². The lowest BCUT2D eigenvalue weighted by Gasteiger charge is -2.13. The van der Waals surface area contributed by atoms with E-state index in [0.29, 0.717) is 24.5 Å². The monoisotopic (exact) mass is 412 g/mol. The number of nitrogens with two attached hydrogens (primary N) is 1. The molecule has 4 aromatic rings. The molecule has 0 fully saturated rings. The van der Waals surface area contributed by atoms with Crippen LogP contribution in [0.3, 0.4) is 0 Å². The van der Waals surface area contributed by atoms with E-state index in [9.17, 15) is 13.2 Å². The van der Waals surface area contributed by atoms with Crippen molar-refractivity contribution in [2.45, 2.75) is 18.6 Å². The van der Waals surface area contributed by atoms with E-state index in [0.717, 1.165) is 34.0 Å². The van der Waals surface area contributed by atoms with Crippen LogP contribution >= 0.6 is 0 Å². The predicted octanol–water partition coefficient (Wildman–Crippen LogP) is 4.89. The van der Waals surface area contributed by atoms with Gasteiger partial charge < -0.3 is 15.6 Å². The molecule has 0 saturated carbocycles. The summed E-state index contributed by atoms with van der Waals surface area (Å²) in [6.07, 6.45) is -0.370. The molecule has 5 nitrogen and oxygen atoms in total. The lowest BCUT2D eigenvalue weighted by Crippen LogP contribution is -2.31. The maximum atomic E-state index is 12.6. The molecule has 1 atom stereocenters. The zero-order valence-electron chi connectivity index (χ0n) is 15.9. The molecule has 0 unspecified atom stereocenters. The van der Waals surface area contributed by atoms with Crippen LogP contribution in [0.2, 0.25) is 0 Å². The van der Waals surface area contributed by atoms with Crippen LogP contribution in [0.15, 0.2) is 71.5 Å². The summed E-state index contributed by atoms with van der Waals surface area (Å²) in [7, 11) is 0. The van der Waals surface area contributed by atoms with Crippen LogP contribution in [0.5, 0.6) is 0 Å². The lowest BCUT2D eigenvalue weighted by atomic mass is 10.0. The number of pyridine rings is 1. The van der Waals surface area contributed by atoms with Crippen LogP contribution < -0.4 is 11.1 Å². The number of halogens is 3. The van der Waals surface area contributed by atoms with Gasteiger partial charge in [-0.3, -0.25) is 4.98 Å². The Morgan fingerprint density at radius 1 is 1.00 bits per heavy atom. The summed E-state index contributed by atoms with van der Waals surface area (Å²) < 4.78 is 43.3. The van der Waals surface area contributed by atoms with Gasteiger partial charge in [0.05, 0.1) is 5.56 Å². The summed E-state index contributed by atoms with van der Waals surface area (Å²) in [4.78, 5) is 4.10. The van der Waals surface area contributed by atoms with Crippen molar-refractivity contribution in [3.8, 4) is 11.3 Å². The number of hydrogen-bond acceptors (Lipinski definition) is 5. The zero-order chi connectivity index (χ0) is 21.1. The van der Waals surface area contributed by atoms with E-state index in [1.807, 2.05) is 24.3 Å². The molecule has 4 rings (SSSR count). The van der Waals surface area contributed by atoms with E-state index in [-0.39, 0.29) is 6.04 Å². The Morgan fingerprint density at radius 2 is 1.80 bits per heavy atom. The normalized spacial score (nSPS) is 12.8. The third-order valence-electron chi connectivity index (χ3n) is 4.76. The first kappa shape index (κ1) is 19.9. The van der Waals surface area contributed by atoms with E-state index in [4.69, 9.17) is 10.3 Å². The Kier molecular flexibility index (Phi) is 5.41. The Morgan fingerprint density at radius 3 is 2.57 bits per heavy atom. The Hall–Kier alpha value is -3.39. The van der Waals surface area contributed by atoms with Crippen molar-refractivity contribution in [1.29, 1.82) is 0 Å². The van der Waals surface area contributed by atoms with Gasteiger partial charge >= 0.3 is 6.18 Å². The van der Waals surface area contributed by atoms with E-state index >= 15 is 0 Å². The van der Waals surface area contributed by atoms with Crippen molar-refractivity contribution in [3.63, 3.8) is 0 Å². The Bertz CT molecular complexity index is 1140. The molecular weight excluding hydrogens is 393 g/mol. The molecule has 154 valence electrons. The molecule has 0 aliphatic heterocycles. The molecule has 2 aromatic heterocycles. The first-order valence-electron chi connectivity index (χ1n) is 9.35. The van der Waals surface area contributed by atoms with Gasteiger partial charge in [0.1, 0.15) is 0 Å². The van der Waals surface area contributed by atoms with Crippen LogP contribution in [0.25, 0.3) is 22.1 Å². The number of hydrogen-bond donors (Lipinski definition) is 2. The summed E-state index contributed by atoms with van der Waals surface area (Å²) in [6, 6.07) is 14.4. The Labute approximate surface area is 170 Å². The second kappa shape index (κ2) is 8.16. The van der Waals surface area contributed by atoms with Crippen molar-refractivity contribution in [2.24, 2.45) is 5.73 Å². The fourth-order valence-corrected chi connectivity index (χ4v) is 3.17. The molecule has 0 radical (unpaired) electrons. The number of rotatable bonds is 6. The minimum Gasteiger partial charge on any atom is -0.366 e. The molecule has 0 saturated heterocycles. The van der Waals surface area contributed by atoms with Crippen LogP contribution in [-0.4, -0.2) is 22.7 Å². The molecule has 0 bridgehead atoms. The molecule has 0 spiro atoms. The van der Waals surface area contributed by atoms with Crippen molar-refractivity contribution in [2.75, 3.05) is 11.9 Å². The van der Waals surface area contributed by atoms with Gasteiger partial charge in [-0.15, -0.1) is 0 Å².